The average Bonchev–Trinajstić information content (AvgIpc) is 1.45. The van der Waals surface area contributed by atoms with Gasteiger partial charge in [-0.3, -0.25) is 29.1 Å². The highest BCUT2D eigenvalue weighted by Crippen LogP contribution is 2.44. The molecule has 2 N–H and O–H groups in total. The van der Waals surface area contributed by atoms with Gasteiger partial charge in [-0.25, -0.2) is 17.6 Å². The minimum absolute atomic E-state index is 0. The Labute approximate surface area is 813 Å². The molecule has 9 aliphatic rings. The van der Waals surface area contributed by atoms with Crippen LogP contribution in [0.25, 0.3) is 32.4 Å². The van der Waals surface area contributed by atoms with Gasteiger partial charge in [-0.2, -0.15) is 53.9 Å². The molecule has 0 saturated carbocycles. The number of halogens is 4. The number of piperazine rings is 3. The van der Waals surface area contributed by atoms with Crippen molar-refractivity contribution in [1.29, 1.82) is 10.5 Å². The number of aliphatic hydroxyl groups excluding tert-OH is 1. The number of allylic oxidation sites excluding steroid dienone is 1. The first kappa shape index (κ1) is 101. The molecule has 29 nitrogen and oxygen atoms in total. The van der Waals surface area contributed by atoms with Gasteiger partial charge in [0.05, 0.1) is 87.0 Å². The quantitative estimate of drug-likeness (QED) is 0.0397. The highest BCUT2D eigenvalue weighted by molar-refractivity contribution is 7.59. The zero-order valence-electron chi connectivity index (χ0n) is 81.3. The van der Waals surface area contributed by atoms with E-state index >= 15 is 4.39 Å². The fourth-order valence-electron chi connectivity index (χ4n) is 21.6. The number of alkyl halides is 4. The van der Waals surface area contributed by atoms with E-state index in [1.165, 1.54) is 90.9 Å². The molecule has 6 fully saturated rings. The number of carbonyl (C=O) groups is 3. The highest BCUT2D eigenvalue weighted by Gasteiger charge is 2.45. The van der Waals surface area contributed by atoms with Gasteiger partial charge in [-0.1, -0.05) is 79.7 Å². The number of H-pyrrole nitrogens is 1. The Kier molecular flexibility index (Phi) is 32.1. The van der Waals surface area contributed by atoms with E-state index in [1.54, 1.807) is 41.7 Å². The number of aliphatic hydroxyl groups is 1. The normalized spacial score (nSPS) is 23.1. The molecule has 13 heterocycles. The zero-order valence-corrected chi connectivity index (χ0v) is 82.3. The van der Waals surface area contributed by atoms with Gasteiger partial charge in [0, 0.05) is 229 Å². The number of likely N-dealkylation sites (N-methyl/N-ethyl adjacent to an activating group) is 3. The number of amides is 3. The third-order valence-corrected chi connectivity index (χ3v) is 28.8. The molecule has 9 aliphatic heterocycles. The second kappa shape index (κ2) is 44.1. The Morgan fingerprint density at radius 2 is 0.957 bits per heavy atom. The Balaban J connectivity index is 0.000000157. The van der Waals surface area contributed by atoms with Crippen molar-refractivity contribution in [2.75, 3.05) is 202 Å². The number of ether oxygens (including phenoxy) is 4. The van der Waals surface area contributed by atoms with E-state index < -0.39 is 23.7 Å². The number of rotatable bonds is 25. The molecule has 0 bridgehead atoms. The highest BCUT2D eigenvalue weighted by atomic mass is 32.1. The second-order valence-electron chi connectivity index (χ2n) is 38.7. The van der Waals surface area contributed by atoms with Crippen LogP contribution in [0.2, 0.25) is 0 Å². The van der Waals surface area contributed by atoms with Crippen LogP contribution in [0.4, 0.5) is 52.1 Å². The van der Waals surface area contributed by atoms with Crippen molar-refractivity contribution in [3.05, 3.63) is 184 Å². The fourth-order valence-corrected chi connectivity index (χ4v) is 21.6. The van der Waals surface area contributed by atoms with E-state index in [0.717, 1.165) is 101 Å². The predicted octanol–water partition coefficient (Wildman–Crippen LogP) is 12.9. The number of nitrogens with one attached hydrogen (secondary N) is 1. The van der Waals surface area contributed by atoms with Crippen molar-refractivity contribution in [2.45, 2.75) is 173 Å². The van der Waals surface area contributed by atoms with Gasteiger partial charge < -0.3 is 73.1 Å². The van der Waals surface area contributed by atoms with Crippen molar-refractivity contribution in [3.63, 3.8) is 0 Å². The molecule has 0 radical (unpaired) electrons. The number of nitriles is 2. The van der Waals surface area contributed by atoms with Crippen LogP contribution in [0.3, 0.4) is 0 Å². The van der Waals surface area contributed by atoms with Crippen LogP contribution in [0.15, 0.2) is 128 Å². The predicted molar refractivity (Wildman–Crippen MR) is 536 cm³/mol. The summed E-state index contributed by atoms with van der Waals surface area (Å²) in [5.74, 6) is 1.88. The maximum atomic E-state index is 15.2. The standard InChI is InChI=1S/2C36H44FN7O3.C32H41F2N7O2.H2S/c1-25-8-5-9-26-10-6-11-31(33(25)26)42-16-14-29-30(22-42)39-35(47-23-28-20-36(2,37)24-41(28)3)40-34(29)43-17-18-44(27(21-43)13-15-38)32(45)12-7-19-46-4;1-4-36(37)20-28(41(3)24-36)23-47-35-39-30-22-42(31-11-6-10-26-9-5-8-25(2)33(26)31)16-14-29(30)34(40-35)43-17-18-44(27(21-43)13-15-38)32(46)12-7-19-45;1-21-16-26-24(7-10-35-26)29(22(21)2)41-11-8-25-27(18-41)36-31(43-19-23-17-32(3,34)20-38(23)4)37-30(25)40-14-12-39(13-15-40)28(42)6-5-9-33;/h5-12,27-28H,13-14,16-24H2,1-4H3;5-12,27-28,45H,4,13-14,16-24H2,1-3H3;5-7,10,16,23,35H,8-9,11-15,17-20H2,1-4H3;1H2/b2*12-7+;6-5+;/t2*27-,28-,36?;23-,32?;/m000./s1. The van der Waals surface area contributed by atoms with E-state index in [0.29, 0.717) is 150 Å². The van der Waals surface area contributed by atoms with Crippen molar-refractivity contribution in [3.8, 4) is 30.2 Å². The van der Waals surface area contributed by atoms with E-state index in [1.807, 2.05) is 49.0 Å². The summed E-state index contributed by atoms with van der Waals surface area (Å²) in [5, 5.41) is 34.5. The molecule has 4 aromatic heterocycles. The lowest BCUT2D eigenvalue weighted by Crippen LogP contribution is -2.55. The summed E-state index contributed by atoms with van der Waals surface area (Å²) in [6.45, 7) is 24.5. The number of nitrogens with zero attached hydrogens (tertiary/aromatic N) is 20. The van der Waals surface area contributed by atoms with Crippen LogP contribution in [0, 0.1) is 50.4 Å². The van der Waals surface area contributed by atoms with Crippen molar-refractivity contribution in [1.82, 2.24) is 64.3 Å². The zero-order chi connectivity index (χ0) is 96.6. The van der Waals surface area contributed by atoms with Crippen molar-refractivity contribution < 1.29 is 56.0 Å². The van der Waals surface area contributed by atoms with Gasteiger partial charge in [-0.05, 0) is 152 Å². The van der Waals surface area contributed by atoms with Crippen molar-refractivity contribution in [2.24, 2.45) is 0 Å². The minimum Gasteiger partial charge on any atom is -0.462 e. The maximum absolute atomic E-state index is 15.2. The third kappa shape index (κ3) is 22.6. The molecule has 0 aliphatic carbocycles. The van der Waals surface area contributed by atoms with Crippen LogP contribution in [0.1, 0.15) is 115 Å². The van der Waals surface area contributed by atoms with Gasteiger partial charge in [0.25, 0.3) is 0 Å². The number of hydrogen-bond donors (Lipinski definition) is 2. The molecular formula is C104H131F4N21O8S. The molecule has 5 aromatic carbocycles. The van der Waals surface area contributed by atoms with Crippen molar-refractivity contribution >= 4 is 98.2 Å². The van der Waals surface area contributed by atoms with E-state index in [9.17, 15) is 38.1 Å². The Morgan fingerprint density at radius 1 is 0.522 bits per heavy atom. The number of methoxy groups -OCH3 is 1. The number of carbonyl (C=O) groups excluding carboxylic acids is 3. The van der Waals surface area contributed by atoms with E-state index in [2.05, 4.69) is 159 Å². The number of fused-ring (bicyclic) bond motifs is 6. The Morgan fingerprint density at radius 3 is 1.40 bits per heavy atom. The van der Waals surface area contributed by atoms with Gasteiger partial charge >= 0.3 is 18.0 Å². The molecule has 9 aromatic rings. The topological polar surface area (TPSA) is 288 Å². The van der Waals surface area contributed by atoms with E-state index in [4.69, 9.17) is 54.0 Å². The summed E-state index contributed by atoms with van der Waals surface area (Å²) >= 11 is 0. The molecule has 34 heteroatoms. The first-order chi connectivity index (χ1) is 66.0. The monoisotopic (exact) mass is 1910 g/mol. The molecule has 0 spiro atoms. The number of anilines is 6. The SMILES string of the molecule is CCC1(F)C[C@@H](COc2nc3c(c(N4CCN(C(=O)/C=C/CO)[C@@H](CC#N)C4)n2)CCN(c2cccc4cccc(C)c24)C3)N(C)C1.COC/C=C/C(=O)N1CCN(c2nc(OC[C@@H]3CC(C)(F)CN3C)nc3c2CCN(c2cccc4cccc(C)c24)C3)C[C@@H]1CC#N.Cc1cc2[nH]ccc2c(N2CCc3c(nc(OC[C@@H]4CC(C)(F)CN4C)nc3N3CCN(C(=O)/C=C/CF)CC3)C2)c1C.S. The summed E-state index contributed by atoms with van der Waals surface area (Å²) in [6.07, 6.45) is 14.8. The van der Waals surface area contributed by atoms with Gasteiger partial charge in [0.1, 0.15) is 61.0 Å². The van der Waals surface area contributed by atoms with Gasteiger partial charge in [0.15, 0.2) is 0 Å². The van der Waals surface area contributed by atoms with E-state index in [-0.39, 0.29) is 106 Å². The van der Waals surface area contributed by atoms with Gasteiger partial charge in [-0.15, -0.1) is 0 Å². The first-order valence-electron chi connectivity index (χ1n) is 48.1. The Bertz CT molecular complexity index is 6050. The Hall–Kier alpha value is -11.9. The number of aryl methyl sites for hydroxylation is 3. The van der Waals surface area contributed by atoms with Gasteiger partial charge in [0.2, 0.25) is 17.7 Å². The molecule has 8 atom stereocenters. The molecule has 3 unspecified atom stereocenters. The summed E-state index contributed by atoms with van der Waals surface area (Å²) in [6, 6.07) is 34.4. The van der Waals surface area contributed by atoms with Crippen LogP contribution in [-0.4, -0.2) is 307 Å². The number of aromatic nitrogens is 7. The fraction of sp³-hybridized carbons (Fsp3) is 0.510. The number of likely N-dealkylation sites (tertiary alicyclic amines) is 3. The number of aromatic amines is 1. The average molecular weight is 1910 g/mol. The minimum atomic E-state index is -1.26. The largest absolute Gasteiger partial charge is 0.462 e. The number of hydrogen-bond acceptors (Lipinski definition) is 25. The summed E-state index contributed by atoms with van der Waals surface area (Å²) in [4.78, 5) is 96.3. The molecule has 138 heavy (non-hydrogen) atoms. The smallest absolute Gasteiger partial charge is 0.318 e. The molecule has 734 valence electrons. The summed E-state index contributed by atoms with van der Waals surface area (Å²) in [5.41, 5.74) is 11.8. The lowest BCUT2D eigenvalue weighted by molar-refractivity contribution is -0.129. The lowest BCUT2D eigenvalue weighted by atomic mass is 9.99. The first-order valence-corrected chi connectivity index (χ1v) is 48.1. The molecular weight excluding hydrogens is 1780 g/mol. The van der Waals surface area contributed by atoms with Crippen LogP contribution < -0.4 is 43.6 Å². The number of benzene rings is 5. The molecule has 18 rings (SSSR count). The molecule has 6 saturated heterocycles. The second-order valence-corrected chi connectivity index (χ2v) is 38.7. The van der Waals surface area contributed by atoms with Crippen LogP contribution in [-0.2, 0) is 58.0 Å². The summed E-state index contributed by atoms with van der Waals surface area (Å²) in [7, 11) is 7.35. The molecule has 3 amide bonds. The lowest BCUT2D eigenvalue weighted by Gasteiger charge is -2.42. The van der Waals surface area contributed by atoms with Crippen LogP contribution >= 0.6 is 13.5 Å². The van der Waals surface area contributed by atoms with Crippen LogP contribution in [0.5, 0.6) is 18.0 Å². The third-order valence-electron chi connectivity index (χ3n) is 28.8. The summed E-state index contributed by atoms with van der Waals surface area (Å²) < 4.78 is 81.0. The maximum Gasteiger partial charge on any atom is 0.318 e.